The van der Waals surface area contributed by atoms with Crippen LogP contribution in [0.15, 0.2) is 213 Å². The van der Waals surface area contributed by atoms with E-state index in [1.165, 1.54) is 0 Å². The summed E-state index contributed by atoms with van der Waals surface area (Å²) in [6.07, 6.45) is 3.57. The first-order chi connectivity index (χ1) is 29.7. The zero-order valence-corrected chi connectivity index (χ0v) is 32.3. The van der Waals surface area contributed by atoms with Gasteiger partial charge in [0, 0.05) is 51.3 Å². The second-order valence-corrected chi connectivity index (χ2v) is 14.2. The highest BCUT2D eigenvalue weighted by atomic mass is 14.9. The molecule has 7 nitrogen and oxygen atoms in total. The van der Waals surface area contributed by atoms with Gasteiger partial charge >= 0.3 is 0 Å². The van der Waals surface area contributed by atoms with Gasteiger partial charge in [-0.3, -0.25) is 9.97 Å². The fourth-order valence-electron chi connectivity index (χ4n) is 7.16. The van der Waals surface area contributed by atoms with Crippen LogP contribution < -0.4 is 0 Å². The van der Waals surface area contributed by atoms with E-state index in [4.69, 9.17) is 24.9 Å². The Morgan fingerprint density at radius 3 is 0.917 bits per heavy atom. The second kappa shape index (κ2) is 16.3. The van der Waals surface area contributed by atoms with Crippen molar-refractivity contribution in [3.63, 3.8) is 0 Å². The molecule has 4 aromatic carbocycles. The normalized spacial score (nSPS) is 11.0. The van der Waals surface area contributed by atoms with Gasteiger partial charge in [-0.1, -0.05) is 133 Å². The van der Waals surface area contributed by atoms with E-state index in [1.807, 2.05) is 103 Å². The van der Waals surface area contributed by atoms with E-state index >= 15 is 0 Å². The van der Waals surface area contributed by atoms with Crippen LogP contribution in [-0.2, 0) is 0 Å². The lowest BCUT2D eigenvalue weighted by atomic mass is 10.0. The molecule has 0 N–H and O–H groups in total. The number of hydrogen-bond acceptors (Lipinski definition) is 7. The molecule has 0 atom stereocenters. The van der Waals surface area contributed by atoms with E-state index in [-0.39, 0.29) is 0 Å². The molecule has 0 saturated carbocycles. The molecule has 282 valence electrons. The lowest BCUT2D eigenvalue weighted by molar-refractivity contribution is 1.18. The van der Waals surface area contributed by atoms with Crippen LogP contribution in [0.3, 0.4) is 0 Å². The summed E-state index contributed by atoms with van der Waals surface area (Å²) in [7, 11) is 0. The molecule has 0 unspecified atom stereocenters. The fraction of sp³-hybridized carbons (Fsp3) is 0. The van der Waals surface area contributed by atoms with Crippen LogP contribution in [0.25, 0.3) is 102 Å². The maximum absolute atomic E-state index is 5.15. The van der Waals surface area contributed by atoms with E-state index in [2.05, 4.69) is 107 Å². The molecule has 0 amide bonds. The average Bonchev–Trinajstić information content (AvgIpc) is 3.35. The van der Waals surface area contributed by atoms with Gasteiger partial charge in [0.1, 0.15) is 0 Å². The smallest absolute Gasteiger partial charge is 0.160 e. The molecule has 60 heavy (non-hydrogen) atoms. The van der Waals surface area contributed by atoms with Crippen molar-refractivity contribution in [1.29, 1.82) is 0 Å². The van der Waals surface area contributed by atoms with Crippen LogP contribution in [0.1, 0.15) is 0 Å². The summed E-state index contributed by atoms with van der Waals surface area (Å²) in [5.41, 5.74) is 15.5. The summed E-state index contributed by atoms with van der Waals surface area (Å²) in [5, 5.41) is 0. The van der Waals surface area contributed by atoms with Crippen LogP contribution in [0.4, 0.5) is 0 Å². The third-order valence-corrected chi connectivity index (χ3v) is 10.3. The first kappa shape index (κ1) is 36.1. The summed E-state index contributed by atoms with van der Waals surface area (Å²) in [6, 6.07) is 67.2. The van der Waals surface area contributed by atoms with Crippen molar-refractivity contribution in [2.75, 3.05) is 0 Å². The molecule has 0 aliphatic carbocycles. The Morgan fingerprint density at radius 2 is 0.517 bits per heavy atom. The van der Waals surface area contributed by atoms with Crippen LogP contribution in [0.5, 0.6) is 0 Å². The summed E-state index contributed by atoms with van der Waals surface area (Å²) < 4.78 is 0. The largest absolute Gasteiger partial charge is 0.255 e. The first-order valence-electron chi connectivity index (χ1n) is 19.7. The lowest BCUT2D eigenvalue weighted by Gasteiger charge is -2.11. The number of pyridine rings is 5. The predicted molar refractivity (Wildman–Crippen MR) is 240 cm³/mol. The Bertz CT molecular complexity index is 2700. The molecule has 0 spiro atoms. The Labute approximate surface area is 347 Å². The molecule has 7 heteroatoms. The highest BCUT2D eigenvalue weighted by molar-refractivity contribution is 5.76. The molecule has 0 aliphatic heterocycles. The van der Waals surface area contributed by atoms with E-state index < -0.39 is 0 Å². The van der Waals surface area contributed by atoms with Crippen molar-refractivity contribution >= 4 is 0 Å². The topological polar surface area (TPSA) is 90.2 Å². The van der Waals surface area contributed by atoms with E-state index in [0.717, 1.165) is 95.9 Å². The molecule has 0 aliphatic rings. The Hall–Kier alpha value is -8.29. The van der Waals surface area contributed by atoms with Crippen LogP contribution >= 0.6 is 0 Å². The molecule has 0 fully saturated rings. The minimum atomic E-state index is 0.624. The number of aromatic nitrogens is 7. The van der Waals surface area contributed by atoms with Crippen molar-refractivity contribution in [2.45, 2.75) is 0 Å². The van der Waals surface area contributed by atoms with Crippen molar-refractivity contribution in [1.82, 2.24) is 34.9 Å². The average molecular weight is 770 g/mol. The van der Waals surface area contributed by atoms with Crippen molar-refractivity contribution in [2.24, 2.45) is 0 Å². The first-order valence-corrected chi connectivity index (χ1v) is 19.7. The predicted octanol–water partition coefficient (Wildman–Crippen LogP) is 12.5. The van der Waals surface area contributed by atoms with Crippen molar-refractivity contribution in [3.8, 4) is 102 Å². The second-order valence-electron chi connectivity index (χ2n) is 14.2. The molecular formula is C53H35N7. The van der Waals surface area contributed by atoms with Gasteiger partial charge in [0.15, 0.2) is 5.82 Å². The van der Waals surface area contributed by atoms with Crippen LogP contribution in [0.2, 0.25) is 0 Å². The van der Waals surface area contributed by atoms with Gasteiger partial charge < -0.3 is 0 Å². The molecule has 6 heterocycles. The third kappa shape index (κ3) is 7.71. The van der Waals surface area contributed by atoms with Gasteiger partial charge in [-0.15, -0.1) is 0 Å². The number of hydrogen-bond donors (Lipinski definition) is 0. The molecule has 6 aromatic heterocycles. The van der Waals surface area contributed by atoms with Gasteiger partial charge in [-0.25, -0.2) is 24.9 Å². The van der Waals surface area contributed by atoms with Crippen molar-refractivity contribution < 1.29 is 0 Å². The Balaban J connectivity index is 0.997. The molecule has 10 rings (SSSR count). The minimum absolute atomic E-state index is 0.624. The third-order valence-electron chi connectivity index (χ3n) is 10.3. The van der Waals surface area contributed by atoms with E-state index in [0.29, 0.717) is 5.82 Å². The molecular weight excluding hydrogens is 735 g/mol. The van der Waals surface area contributed by atoms with Gasteiger partial charge in [-0.05, 0) is 66.7 Å². The summed E-state index contributed by atoms with van der Waals surface area (Å²) in [6.45, 7) is 0. The quantitative estimate of drug-likeness (QED) is 0.144. The fourth-order valence-corrected chi connectivity index (χ4v) is 7.16. The summed E-state index contributed by atoms with van der Waals surface area (Å²) in [5.74, 6) is 0.624. The number of benzene rings is 4. The SMILES string of the molecule is c1ccc(-c2cccc(-c3ccc(-c4cc(-c5ccc(-c6cccc(-c7ccccn7)n6)cc5)nc(-c5ccc(-c6cccc(-c7ccccn7)n6)cc5)n4)cc3)n2)cc1. The zero-order valence-electron chi connectivity index (χ0n) is 32.3. The highest BCUT2D eigenvalue weighted by Gasteiger charge is 2.14. The van der Waals surface area contributed by atoms with Gasteiger partial charge in [0.2, 0.25) is 0 Å². The van der Waals surface area contributed by atoms with E-state index in [1.54, 1.807) is 12.4 Å². The van der Waals surface area contributed by atoms with Crippen molar-refractivity contribution in [3.05, 3.63) is 213 Å². The van der Waals surface area contributed by atoms with E-state index in [9.17, 15) is 0 Å². The van der Waals surface area contributed by atoms with Gasteiger partial charge in [-0.2, -0.15) is 0 Å². The minimum Gasteiger partial charge on any atom is -0.255 e. The maximum Gasteiger partial charge on any atom is 0.160 e. The lowest BCUT2D eigenvalue weighted by Crippen LogP contribution is -1.96. The maximum atomic E-state index is 5.15. The van der Waals surface area contributed by atoms with Crippen LogP contribution in [-0.4, -0.2) is 34.9 Å². The monoisotopic (exact) mass is 769 g/mol. The van der Waals surface area contributed by atoms with Gasteiger partial charge in [0.25, 0.3) is 0 Å². The zero-order chi connectivity index (χ0) is 40.1. The Kier molecular flexibility index (Phi) is 9.79. The number of rotatable bonds is 9. The molecule has 0 bridgehead atoms. The standard InChI is InChI=1S/C53H35N7/c1-2-11-36(12-3-1)43-15-8-16-44(56-43)37-21-25-40(26-22-37)51-35-52(41-27-23-38(24-28-41)45-17-9-19-49(57-45)47-13-4-6-33-54-47)60-53(59-51)42-31-29-39(30-32-42)46-18-10-20-50(58-46)48-14-5-7-34-55-48/h1-35H. The highest BCUT2D eigenvalue weighted by Crippen LogP contribution is 2.32. The summed E-state index contributed by atoms with van der Waals surface area (Å²) in [4.78, 5) is 34.1. The molecule has 0 saturated heterocycles. The number of nitrogens with zero attached hydrogens (tertiary/aromatic N) is 7. The van der Waals surface area contributed by atoms with Crippen LogP contribution in [0, 0.1) is 0 Å². The summed E-state index contributed by atoms with van der Waals surface area (Å²) >= 11 is 0. The van der Waals surface area contributed by atoms with Gasteiger partial charge in [0.05, 0.1) is 56.9 Å². The Morgan fingerprint density at radius 1 is 0.200 bits per heavy atom. The molecule has 10 aromatic rings. The molecule has 0 radical (unpaired) electrons.